The quantitative estimate of drug-likeness (QED) is 0.325. The van der Waals surface area contributed by atoms with E-state index in [9.17, 15) is 9.59 Å². The molecule has 0 saturated heterocycles. The Bertz CT molecular complexity index is 1190. The van der Waals surface area contributed by atoms with Crippen molar-refractivity contribution in [2.75, 3.05) is 6.61 Å². The van der Waals surface area contributed by atoms with Crippen molar-refractivity contribution in [1.29, 1.82) is 0 Å². The zero-order valence-electron chi connectivity index (χ0n) is 15.8. The third-order valence-electron chi connectivity index (χ3n) is 4.85. The lowest BCUT2D eigenvalue weighted by molar-refractivity contribution is 0.0475. The number of carbonyl (C=O) groups excluding carboxylic acids is 2. The summed E-state index contributed by atoms with van der Waals surface area (Å²) >= 11 is 5.85. The SMILES string of the molecule is Cn1c(-c2ccccc2)c(C(=O)COC(=O)c2ccc(Cl)cc2)c2ccccc21. The zero-order valence-corrected chi connectivity index (χ0v) is 16.5. The fraction of sp³-hybridized carbons (Fsp3) is 0.0833. The first-order chi connectivity index (χ1) is 14.1. The number of hydrogen-bond donors (Lipinski definition) is 0. The lowest BCUT2D eigenvalue weighted by Gasteiger charge is -2.09. The van der Waals surface area contributed by atoms with Crippen molar-refractivity contribution >= 4 is 34.3 Å². The first-order valence-electron chi connectivity index (χ1n) is 9.15. The highest BCUT2D eigenvalue weighted by molar-refractivity contribution is 6.30. The maximum Gasteiger partial charge on any atom is 0.338 e. The van der Waals surface area contributed by atoms with E-state index in [1.807, 2.05) is 66.2 Å². The number of carbonyl (C=O) groups is 2. The molecule has 144 valence electrons. The molecule has 0 radical (unpaired) electrons. The Morgan fingerprint density at radius 3 is 2.28 bits per heavy atom. The molecule has 0 saturated carbocycles. The van der Waals surface area contributed by atoms with Gasteiger partial charge in [-0.05, 0) is 35.9 Å². The molecule has 4 nitrogen and oxygen atoms in total. The normalized spacial score (nSPS) is 10.8. The fourth-order valence-electron chi connectivity index (χ4n) is 3.48. The van der Waals surface area contributed by atoms with Gasteiger partial charge in [0, 0.05) is 23.0 Å². The van der Waals surface area contributed by atoms with Crippen molar-refractivity contribution in [2.45, 2.75) is 0 Å². The molecule has 0 aliphatic carbocycles. The van der Waals surface area contributed by atoms with E-state index in [1.54, 1.807) is 24.3 Å². The Kier molecular flexibility index (Phi) is 5.19. The maximum atomic E-state index is 13.1. The molecule has 4 aromatic rings. The van der Waals surface area contributed by atoms with Gasteiger partial charge in [-0.1, -0.05) is 60.1 Å². The summed E-state index contributed by atoms with van der Waals surface area (Å²) in [5.74, 6) is -0.806. The molecule has 3 aromatic carbocycles. The highest BCUT2D eigenvalue weighted by Crippen LogP contribution is 2.33. The molecule has 0 spiro atoms. The second-order valence-electron chi connectivity index (χ2n) is 6.67. The number of ether oxygens (including phenoxy) is 1. The number of hydrogen-bond acceptors (Lipinski definition) is 3. The van der Waals surface area contributed by atoms with E-state index in [0.29, 0.717) is 16.1 Å². The summed E-state index contributed by atoms with van der Waals surface area (Å²) in [6.45, 7) is -0.338. The van der Waals surface area contributed by atoms with Crippen LogP contribution in [0.15, 0.2) is 78.9 Å². The van der Waals surface area contributed by atoms with Gasteiger partial charge in [-0.25, -0.2) is 4.79 Å². The van der Waals surface area contributed by atoms with Crippen molar-refractivity contribution in [1.82, 2.24) is 4.57 Å². The molecule has 0 bridgehead atoms. The maximum absolute atomic E-state index is 13.1. The molecule has 0 amide bonds. The van der Waals surface area contributed by atoms with Gasteiger partial charge in [0.15, 0.2) is 6.61 Å². The van der Waals surface area contributed by atoms with Gasteiger partial charge in [0.2, 0.25) is 5.78 Å². The predicted octanol–water partition coefficient (Wildman–Crippen LogP) is 5.54. The molecule has 0 unspecified atom stereocenters. The van der Waals surface area contributed by atoms with E-state index in [0.717, 1.165) is 22.2 Å². The van der Waals surface area contributed by atoms with Gasteiger partial charge in [0.25, 0.3) is 0 Å². The molecule has 0 aliphatic heterocycles. The molecular formula is C24H18ClNO3. The van der Waals surface area contributed by atoms with Crippen LogP contribution < -0.4 is 0 Å². The highest BCUT2D eigenvalue weighted by Gasteiger charge is 2.23. The van der Waals surface area contributed by atoms with Gasteiger partial charge in [0.1, 0.15) is 0 Å². The molecule has 0 fully saturated rings. The Morgan fingerprint density at radius 1 is 0.897 bits per heavy atom. The van der Waals surface area contributed by atoms with Crippen LogP contribution in [0.3, 0.4) is 0 Å². The predicted molar refractivity (Wildman–Crippen MR) is 114 cm³/mol. The van der Waals surface area contributed by atoms with E-state index in [2.05, 4.69) is 0 Å². The highest BCUT2D eigenvalue weighted by atomic mass is 35.5. The van der Waals surface area contributed by atoms with Crippen molar-refractivity contribution in [3.8, 4) is 11.3 Å². The Hall–Kier alpha value is -3.37. The molecule has 0 atom stereocenters. The van der Waals surface area contributed by atoms with E-state index in [4.69, 9.17) is 16.3 Å². The second kappa shape index (κ2) is 7.94. The lowest BCUT2D eigenvalue weighted by Crippen LogP contribution is -2.15. The van der Waals surface area contributed by atoms with Crippen LogP contribution in [0.2, 0.25) is 5.02 Å². The minimum Gasteiger partial charge on any atom is -0.454 e. The van der Waals surface area contributed by atoms with Crippen molar-refractivity contribution < 1.29 is 14.3 Å². The third-order valence-corrected chi connectivity index (χ3v) is 5.10. The van der Waals surface area contributed by atoms with Crippen LogP contribution in [0.1, 0.15) is 20.7 Å². The average Bonchev–Trinajstić information content (AvgIpc) is 3.06. The van der Waals surface area contributed by atoms with Gasteiger partial charge >= 0.3 is 5.97 Å². The summed E-state index contributed by atoms with van der Waals surface area (Å²) < 4.78 is 7.29. The monoisotopic (exact) mass is 403 g/mol. The molecular weight excluding hydrogens is 386 g/mol. The molecule has 0 aliphatic rings. The number of fused-ring (bicyclic) bond motifs is 1. The third kappa shape index (κ3) is 3.67. The Morgan fingerprint density at radius 2 is 1.55 bits per heavy atom. The van der Waals surface area contributed by atoms with Crippen LogP contribution in [0, 0.1) is 0 Å². The standard InChI is InChI=1S/C24H18ClNO3/c1-26-20-10-6-5-9-19(20)22(23(26)16-7-3-2-4-8-16)21(27)15-29-24(28)17-11-13-18(25)14-12-17/h2-14H,15H2,1H3. The van der Waals surface area contributed by atoms with Crippen LogP contribution in [-0.2, 0) is 11.8 Å². The topological polar surface area (TPSA) is 48.3 Å². The minimum absolute atomic E-state index is 0.247. The van der Waals surface area contributed by atoms with Crippen LogP contribution >= 0.6 is 11.6 Å². The smallest absolute Gasteiger partial charge is 0.338 e. The average molecular weight is 404 g/mol. The van der Waals surface area contributed by atoms with Gasteiger partial charge < -0.3 is 9.30 Å². The van der Waals surface area contributed by atoms with Gasteiger partial charge in [-0.3, -0.25) is 4.79 Å². The lowest BCUT2D eigenvalue weighted by atomic mass is 10.0. The van der Waals surface area contributed by atoms with Crippen LogP contribution in [0.4, 0.5) is 0 Å². The van der Waals surface area contributed by atoms with Gasteiger partial charge in [0.05, 0.1) is 16.8 Å². The zero-order chi connectivity index (χ0) is 20.4. The number of ketones is 1. The van der Waals surface area contributed by atoms with E-state index >= 15 is 0 Å². The summed E-state index contributed by atoms with van der Waals surface area (Å²) in [6.07, 6.45) is 0. The number of para-hydroxylation sites is 1. The number of Topliss-reactive ketones (excluding diaryl/α,β-unsaturated/α-hetero) is 1. The van der Waals surface area contributed by atoms with Gasteiger partial charge in [-0.15, -0.1) is 0 Å². The number of aromatic nitrogens is 1. The van der Waals surface area contributed by atoms with Crippen molar-refractivity contribution in [3.05, 3.63) is 95.0 Å². The second-order valence-corrected chi connectivity index (χ2v) is 7.11. The van der Waals surface area contributed by atoms with Crippen LogP contribution in [0.5, 0.6) is 0 Å². The molecule has 1 aromatic heterocycles. The largest absolute Gasteiger partial charge is 0.454 e. The van der Waals surface area contributed by atoms with Crippen molar-refractivity contribution in [3.63, 3.8) is 0 Å². The first-order valence-corrected chi connectivity index (χ1v) is 9.53. The summed E-state index contributed by atoms with van der Waals surface area (Å²) in [5, 5.41) is 1.36. The Balaban J connectivity index is 1.68. The summed E-state index contributed by atoms with van der Waals surface area (Å²) in [6, 6.07) is 23.8. The minimum atomic E-state index is -0.559. The molecule has 5 heteroatoms. The number of rotatable bonds is 5. The number of aryl methyl sites for hydroxylation is 1. The summed E-state index contributed by atoms with van der Waals surface area (Å²) in [5.41, 5.74) is 3.58. The summed E-state index contributed by atoms with van der Waals surface area (Å²) in [7, 11) is 1.93. The molecule has 0 N–H and O–H groups in total. The number of halogens is 1. The first kappa shape index (κ1) is 19.0. The molecule has 4 rings (SSSR count). The molecule has 1 heterocycles. The number of benzene rings is 3. The number of nitrogens with zero attached hydrogens (tertiary/aromatic N) is 1. The van der Waals surface area contributed by atoms with Crippen LogP contribution in [-0.4, -0.2) is 22.9 Å². The summed E-state index contributed by atoms with van der Waals surface area (Å²) in [4.78, 5) is 25.4. The van der Waals surface area contributed by atoms with Crippen LogP contribution in [0.25, 0.3) is 22.2 Å². The molecule has 29 heavy (non-hydrogen) atoms. The Labute approximate surface area is 173 Å². The fourth-order valence-corrected chi connectivity index (χ4v) is 3.61. The number of esters is 1. The van der Waals surface area contributed by atoms with Gasteiger partial charge in [-0.2, -0.15) is 0 Å². The van der Waals surface area contributed by atoms with E-state index in [-0.39, 0.29) is 12.4 Å². The van der Waals surface area contributed by atoms with E-state index in [1.165, 1.54) is 0 Å². The van der Waals surface area contributed by atoms with Crippen molar-refractivity contribution in [2.24, 2.45) is 7.05 Å². The van der Waals surface area contributed by atoms with E-state index < -0.39 is 5.97 Å².